The smallest absolute Gasteiger partial charge is 0.257 e. The summed E-state index contributed by atoms with van der Waals surface area (Å²) < 4.78 is 6.51. The number of hydrogen-bond acceptors (Lipinski definition) is 4. The van der Waals surface area contributed by atoms with E-state index < -0.39 is 0 Å². The van der Waals surface area contributed by atoms with E-state index in [9.17, 15) is 4.79 Å². The van der Waals surface area contributed by atoms with Crippen LogP contribution in [0.1, 0.15) is 48.5 Å². The molecule has 0 bridgehead atoms. The fraction of sp³-hybridized carbons (Fsp3) is 0.350. The molecular formula is C20H24BrN3O2S. The lowest BCUT2D eigenvalue weighted by atomic mass is 10.2. The van der Waals surface area contributed by atoms with Gasteiger partial charge in [0.1, 0.15) is 5.75 Å². The Labute approximate surface area is 174 Å². The van der Waals surface area contributed by atoms with Gasteiger partial charge in [-0.2, -0.15) is 0 Å². The van der Waals surface area contributed by atoms with Gasteiger partial charge in [0.05, 0.1) is 11.1 Å². The van der Waals surface area contributed by atoms with Crippen LogP contribution in [0.3, 0.4) is 0 Å². The molecule has 2 rings (SSSR count). The van der Waals surface area contributed by atoms with Crippen LogP contribution >= 0.6 is 28.1 Å². The van der Waals surface area contributed by atoms with E-state index in [0.29, 0.717) is 18.7 Å². The Morgan fingerprint density at radius 2 is 2.11 bits per heavy atom. The number of ether oxygens (including phenoxy) is 1. The third-order valence-electron chi connectivity index (χ3n) is 3.85. The normalized spacial score (nSPS) is 10.3. The Hall–Kier alpha value is -1.99. The van der Waals surface area contributed by atoms with Crippen LogP contribution in [0.4, 0.5) is 0 Å². The topological polar surface area (TPSA) is 63.2 Å². The summed E-state index contributed by atoms with van der Waals surface area (Å²) in [6.07, 6.45) is 8.07. The number of unbranched alkanes of at least 4 members (excludes halogenated alkanes) is 3. The summed E-state index contributed by atoms with van der Waals surface area (Å²) in [5.41, 5.74) is 1.49. The number of rotatable bonds is 9. The summed E-state index contributed by atoms with van der Waals surface area (Å²) in [6.45, 7) is 3.36. The fourth-order valence-corrected chi connectivity index (χ4v) is 3.03. The molecule has 0 atom stereocenters. The van der Waals surface area contributed by atoms with Crippen molar-refractivity contribution in [1.82, 2.24) is 15.6 Å². The van der Waals surface area contributed by atoms with Crippen LogP contribution in [0.15, 0.2) is 47.2 Å². The summed E-state index contributed by atoms with van der Waals surface area (Å²) >= 11 is 8.65. The van der Waals surface area contributed by atoms with Gasteiger partial charge >= 0.3 is 0 Å². The second-order valence-electron chi connectivity index (χ2n) is 6.05. The van der Waals surface area contributed by atoms with Gasteiger partial charge < -0.3 is 10.1 Å². The van der Waals surface area contributed by atoms with Crippen LogP contribution in [0.2, 0.25) is 0 Å². The second kappa shape index (κ2) is 11.7. The van der Waals surface area contributed by atoms with E-state index in [1.807, 2.05) is 12.1 Å². The molecule has 144 valence electrons. The maximum Gasteiger partial charge on any atom is 0.257 e. The molecule has 2 aromatic rings. The van der Waals surface area contributed by atoms with Crippen molar-refractivity contribution in [2.75, 3.05) is 6.61 Å². The molecule has 7 heteroatoms. The first-order valence-electron chi connectivity index (χ1n) is 9.00. The minimum Gasteiger partial charge on any atom is -0.492 e. The van der Waals surface area contributed by atoms with Gasteiger partial charge in [-0.3, -0.25) is 15.1 Å². The Bertz CT molecular complexity index is 756. The summed E-state index contributed by atoms with van der Waals surface area (Å²) in [6, 6.07) is 9.04. The third-order valence-corrected chi connectivity index (χ3v) is 4.72. The van der Waals surface area contributed by atoms with Crippen molar-refractivity contribution in [3.05, 3.63) is 58.3 Å². The lowest BCUT2D eigenvalue weighted by Crippen LogP contribution is -2.38. The Kier molecular flexibility index (Phi) is 9.21. The number of carbonyl (C=O) groups is 1. The zero-order valence-electron chi connectivity index (χ0n) is 15.3. The number of pyridine rings is 1. The highest BCUT2D eigenvalue weighted by Gasteiger charge is 2.11. The molecule has 0 unspecified atom stereocenters. The minimum atomic E-state index is -0.270. The van der Waals surface area contributed by atoms with Crippen molar-refractivity contribution in [2.24, 2.45) is 0 Å². The first-order chi connectivity index (χ1) is 13.1. The number of nitrogens with one attached hydrogen (secondary N) is 2. The molecule has 0 saturated heterocycles. The molecule has 0 aliphatic rings. The van der Waals surface area contributed by atoms with E-state index in [1.54, 1.807) is 30.6 Å². The maximum atomic E-state index is 12.3. The van der Waals surface area contributed by atoms with Gasteiger partial charge in [0.25, 0.3) is 5.91 Å². The average Bonchev–Trinajstić information content (AvgIpc) is 2.68. The van der Waals surface area contributed by atoms with Gasteiger partial charge in [-0.05, 0) is 64.4 Å². The number of hydrogen-bond donors (Lipinski definition) is 2. The molecule has 0 saturated carbocycles. The van der Waals surface area contributed by atoms with E-state index in [1.165, 1.54) is 12.8 Å². The van der Waals surface area contributed by atoms with Crippen molar-refractivity contribution >= 4 is 39.2 Å². The largest absolute Gasteiger partial charge is 0.492 e. The molecule has 5 nitrogen and oxygen atoms in total. The number of benzene rings is 1. The molecule has 1 amide bonds. The van der Waals surface area contributed by atoms with Crippen molar-refractivity contribution in [3.8, 4) is 5.75 Å². The van der Waals surface area contributed by atoms with Gasteiger partial charge in [-0.15, -0.1) is 0 Å². The Balaban J connectivity index is 1.81. The van der Waals surface area contributed by atoms with Gasteiger partial charge in [0.2, 0.25) is 0 Å². The quantitative estimate of drug-likeness (QED) is 0.432. The van der Waals surface area contributed by atoms with E-state index in [4.69, 9.17) is 17.0 Å². The Morgan fingerprint density at radius 3 is 2.81 bits per heavy atom. The van der Waals surface area contributed by atoms with E-state index in [0.717, 1.165) is 28.6 Å². The minimum absolute atomic E-state index is 0.270. The second-order valence-corrected chi connectivity index (χ2v) is 7.31. The van der Waals surface area contributed by atoms with Gasteiger partial charge in [0.15, 0.2) is 5.11 Å². The lowest BCUT2D eigenvalue weighted by molar-refractivity contribution is 0.0976. The molecular weight excluding hydrogens is 426 g/mol. The predicted molar refractivity (Wildman–Crippen MR) is 115 cm³/mol. The van der Waals surface area contributed by atoms with E-state index >= 15 is 0 Å². The molecule has 0 aliphatic carbocycles. The zero-order chi connectivity index (χ0) is 19.5. The standard InChI is InChI=1S/C20H24BrN3O2S/c1-2-3-4-5-11-26-18-9-8-16(12-17(18)21)19(25)24-20(27)23-14-15-7-6-10-22-13-15/h6-10,12-13H,2-5,11,14H2,1H3,(H2,23,24,25,27). The van der Waals surface area contributed by atoms with E-state index in [2.05, 4.69) is 38.5 Å². The predicted octanol–water partition coefficient (Wildman–Crippen LogP) is 4.61. The molecule has 0 radical (unpaired) electrons. The maximum absolute atomic E-state index is 12.3. The number of halogens is 1. The molecule has 1 aromatic carbocycles. The first kappa shape index (κ1) is 21.3. The third kappa shape index (κ3) is 7.64. The fourth-order valence-electron chi connectivity index (χ4n) is 2.37. The summed E-state index contributed by atoms with van der Waals surface area (Å²) in [5, 5.41) is 5.95. The number of amides is 1. The van der Waals surface area contributed by atoms with Crippen LogP contribution in [0, 0.1) is 0 Å². The zero-order valence-corrected chi connectivity index (χ0v) is 17.7. The summed E-state index contributed by atoms with van der Waals surface area (Å²) in [7, 11) is 0. The van der Waals surface area contributed by atoms with Crippen LogP contribution < -0.4 is 15.4 Å². The summed E-state index contributed by atoms with van der Waals surface area (Å²) in [4.78, 5) is 16.4. The molecule has 0 aliphatic heterocycles. The lowest BCUT2D eigenvalue weighted by Gasteiger charge is -2.11. The van der Waals surface area contributed by atoms with Crippen LogP contribution in [-0.4, -0.2) is 22.6 Å². The van der Waals surface area contributed by atoms with Crippen molar-refractivity contribution in [2.45, 2.75) is 39.2 Å². The van der Waals surface area contributed by atoms with Crippen molar-refractivity contribution in [1.29, 1.82) is 0 Å². The van der Waals surface area contributed by atoms with Gasteiger partial charge in [-0.1, -0.05) is 32.3 Å². The SMILES string of the molecule is CCCCCCOc1ccc(C(=O)NC(=S)NCc2cccnc2)cc1Br. The first-order valence-corrected chi connectivity index (χ1v) is 10.2. The molecule has 2 N–H and O–H groups in total. The number of aromatic nitrogens is 1. The highest BCUT2D eigenvalue weighted by atomic mass is 79.9. The average molecular weight is 450 g/mol. The molecule has 0 spiro atoms. The summed E-state index contributed by atoms with van der Waals surface area (Å²) in [5.74, 6) is 0.467. The molecule has 0 fully saturated rings. The number of carbonyl (C=O) groups excluding carboxylic acids is 1. The van der Waals surface area contributed by atoms with Gasteiger partial charge in [0, 0.05) is 24.5 Å². The monoisotopic (exact) mass is 449 g/mol. The van der Waals surface area contributed by atoms with Gasteiger partial charge in [-0.25, -0.2) is 0 Å². The number of thiocarbonyl (C=S) groups is 1. The van der Waals surface area contributed by atoms with Crippen LogP contribution in [0.5, 0.6) is 5.75 Å². The van der Waals surface area contributed by atoms with E-state index in [-0.39, 0.29) is 11.0 Å². The molecule has 1 aromatic heterocycles. The Morgan fingerprint density at radius 1 is 1.26 bits per heavy atom. The van der Waals surface area contributed by atoms with Crippen molar-refractivity contribution < 1.29 is 9.53 Å². The number of nitrogens with zero attached hydrogens (tertiary/aromatic N) is 1. The van der Waals surface area contributed by atoms with Crippen LogP contribution in [0.25, 0.3) is 0 Å². The highest BCUT2D eigenvalue weighted by Crippen LogP contribution is 2.26. The van der Waals surface area contributed by atoms with Crippen molar-refractivity contribution in [3.63, 3.8) is 0 Å². The molecule has 1 heterocycles. The van der Waals surface area contributed by atoms with Crippen LogP contribution in [-0.2, 0) is 6.54 Å². The molecule has 27 heavy (non-hydrogen) atoms. The highest BCUT2D eigenvalue weighted by molar-refractivity contribution is 9.10.